The molecule has 2 saturated heterocycles. The zero-order valence-electron chi connectivity index (χ0n) is 10.8. The number of nitrogens with zero attached hydrogens (tertiary/aromatic N) is 2. The first-order chi connectivity index (χ1) is 8.46. The van der Waals surface area contributed by atoms with Gasteiger partial charge in [0.15, 0.2) is 0 Å². The molecule has 0 amide bonds. The van der Waals surface area contributed by atoms with Crippen LogP contribution < -0.4 is 0 Å². The van der Waals surface area contributed by atoms with Crippen LogP contribution in [0.25, 0.3) is 0 Å². The highest BCUT2D eigenvalue weighted by atomic mass is 32.2. The topological polar surface area (TPSA) is 66.9 Å². The summed E-state index contributed by atoms with van der Waals surface area (Å²) < 4.78 is 32.3. The molecule has 0 N–H and O–H groups in total. The van der Waals surface area contributed by atoms with Crippen LogP contribution in [0.3, 0.4) is 0 Å². The van der Waals surface area contributed by atoms with Gasteiger partial charge < -0.3 is 4.74 Å². The lowest BCUT2D eigenvalue weighted by atomic mass is 9.99. The first kappa shape index (κ1) is 13.8. The third-order valence-corrected chi connectivity index (χ3v) is 5.77. The van der Waals surface area contributed by atoms with Crippen molar-refractivity contribution in [2.24, 2.45) is 11.8 Å². The number of esters is 1. The van der Waals surface area contributed by atoms with E-state index in [2.05, 4.69) is 0 Å². The molecule has 0 bridgehead atoms. The van der Waals surface area contributed by atoms with Crippen molar-refractivity contribution < 1.29 is 17.9 Å². The van der Waals surface area contributed by atoms with Crippen molar-refractivity contribution in [1.29, 1.82) is 0 Å². The van der Waals surface area contributed by atoms with Crippen molar-refractivity contribution in [3.8, 4) is 0 Å². The second-order valence-corrected chi connectivity index (χ2v) is 6.97. The van der Waals surface area contributed by atoms with Crippen molar-refractivity contribution in [3.63, 3.8) is 0 Å². The highest BCUT2D eigenvalue weighted by Crippen LogP contribution is 2.28. The largest absolute Gasteiger partial charge is 0.469 e. The van der Waals surface area contributed by atoms with Gasteiger partial charge in [-0.15, -0.1) is 0 Å². The Hall–Kier alpha value is -0.660. The highest BCUT2D eigenvalue weighted by Gasteiger charge is 2.43. The van der Waals surface area contributed by atoms with E-state index in [1.54, 1.807) is 0 Å². The fourth-order valence-electron chi connectivity index (χ4n) is 2.65. The standard InChI is InChI=1S/C11H20N2O4S/c1-9-7-13(8-10(9)11(14)17-2)18(15,16)12-5-3-4-6-12/h9-10H,3-8H2,1-2H3. The average Bonchev–Trinajstić information content (AvgIpc) is 2.97. The third-order valence-electron chi connectivity index (χ3n) is 3.80. The van der Waals surface area contributed by atoms with E-state index in [1.165, 1.54) is 15.7 Å². The molecule has 0 aromatic rings. The first-order valence-electron chi connectivity index (χ1n) is 6.30. The van der Waals surface area contributed by atoms with Gasteiger partial charge in [-0.3, -0.25) is 4.79 Å². The number of methoxy groups -OCH3 is 1. The minimum Gasteiger partial charge on any atom is -0.469 e. The van der Waals surface area contributed by atoms with Gasteiger partial charge >= 0.3 is 5.97 Å². The summed E-state index contributed by atoms with van der Waals surface area (Å²) in [6.45, 7) is 3.72. The predicted molar refractivity (Wildman–Crippen MR) is 66.0 cm³/mol. The zero-order valence-corrected chi connectivity index (χ0v) is 11.6. The van der Waals surface area contributed by atoms with Crippen molar-refractivity contribution >= 4 is 16.2 Å². The molecule has 0 aromatic carbocycles. The number of carbonyl (C=O) groups excluding carboxylic acids is 1. The molecule has 0 aliphatic carbocycles. The first-order valence-corrected chi connectivity index (χ1v) is 7.69. The summed E-state index contributed by atoms with van der Waals surface area (Å²) in [5.41, 5.74) is 0. The van der Waals surface area contributed by atoms with Crippen molar-refractivity contribution in [2.45, 2.75) is 19.8 Å². The Bertz CT molecular complexity index is 417. The van der Waals surface area contributed by atoms with Crippen LogP contribution in [0, 0.1) is 11.8 Å². The maximum Gasteiger partial charge on any atom is 0.310 e. The maximum atomic E-state index is 12.3. The SMILES string of the molecule is COC(=O)C1CN(S(=O)(=O)N2CCCC2)CC1C. The van der Waals surface area contributed by atoms with Crippen molar-refractivity contribution in [2.75, 3.05) is 33.3 Å². The summed E-state index contributed by atoms with van der Waals surface area (Å²) in [7, 11) is -2.05. The monoisotopic (exact) mass is 276 g/mol. The fourth-order valence-corrected chi connectivity index (χ4v) is 4.47. The van der Waals surface area contributed by atoms with Gasteiger partial charge in [-0.1, -0.05) is 6.92 Å². The normalized spacial score (nSPS) is 30.8. The van der Waals surface area contributed by atoms with Crippen LogP contribution in [0.2, 0.25) is 0 Å². The summed E-state index contributed by atoms with van der Waals surface area (Å²) in [5.74, 6) is -0.649. The molecule has 2 heterocycles. The lowest BCUT2D eigenvalue weighted by Crippen LogP contribution is -2.41. The van der Waals surface area contributed by atoms with E-state index < -0.39 is 10.2 Å². The molecule has 7 heteroatoms. The molecule has 0 spiro atoms. The van der Waals surface area contributed by atoms with E-state index in [0.29, 0.717) is 19.6 Å². The molecule has 0 aromatic heterocycles. The van der Waals surface area contributed by atoms with Gasteiger partial charge in [-0.25, -0.2) is 0 Å². The second kappa shape index (κ2) is 5.14. The molecule has 2 atom stereocenters. The van der Waals surface area contributed by atoms with Crippen LogP contribution in [-0.4, -0.2) is 56.3 Å². The number of hydrogen-bond acceptors (Lipinski definition) is 4. The Morgan fingerprint density at radius 3 is 2.33 bits per heavy atom. The predicted octanol–water partition coefficient (Wildman–Crippen LogP) is 0.0679. The molecule has 0 saturated carbocycles. The molecule has 2 aliphatic heterocycles. The Morgan fingerprint density at radius 2 is 1.78 bits per heavy atom. The number of carbonyl (C=O) groups is 1. The highest BCUT2D eigenvalue weighted by molar-refractivity contribution is 7.86. The lowest BCUT2D eigenvalue weighted by molar-refractivity contribution is -0.145. The molecular formula is C11H20N2O4S. The minimum absolute atomic E-state index is 0.00910. The fraction of sp³-hybridized carbons (Fsp3) is 0.909. The zero-order chi connectivity index (χ0) is 13.3. The molecule has 18 heavy (non-hydrogen) atoms. The van der Waals surface area contributed by atoms with Crippen LogP contribution in [-0.2, 0) is 19.7 Å². The van der Waals surface area contributed by atoms with Crippen LogP contribution in [0.15, 0.2) is 0 Å². The van der Waals surface area contributed by atoms with E-state index in [4.69, 9.17) is 4.74 Å². The molecule has 2 fully saturated rings. The van der Waals surface area contributed by atoms with E-state index in [1.807, 2.05) is 6.92 Å². The Kier molecular flexibility index (Phi) is 3.93. The van der Waals surface area contributed by atoms with Gasteiger partial charge in [-0.2, -0.15) is 17.0 Å². The van der Waals surface area contributed by atoms with Gasteiger partial charge in [-0.05, 0) is 18.8 Å². The number of rotatable bonds is 3. The lowest BCUT2D eigenvalue weighted by Gasteiger charge is -2.23. The summed E-state index contributed by atoms with van der Waals surface area (Å²) in [6, 6.07) is 0. The van der Waals surface area contributed by atoms with Crippen molar-refractivity contribution in [3.05, 3.63) is 0 Å². The molecule has 2 unspecified atom stereocenters. The van der Waals surface area contributed by atoms with Gasteiger partial charge in [0.25, 0.3) is 10.2 Å². The van der Waals surface area contributed by atoms with Crippen molar-refractivity contribution in [1.82, 2.24) is 8.61 Å². The van der Waals surface area contributed by atoms with Gasteiger partial charge in [0, 0.05) is 26.2 Å². The van der Waals surface area contributed by atoms with E-state index in [-0.39, 0.29) is 24.3 Å². The van der Waals surface area contributed by atoms with Crippen LogP contribution in [0.4, 0.5) is 0 Å². The summed E-state index contributed by atoms with van der Waals surface area (Å²) in [5, 5.41) is 0. The molecule has 2 rings (SSSR count). The van der Waals surface area contributed by atoms with Gasteiger partial charge in [0.1, 0.15) is 0 Å². The summed E-state index contributed by atoms with van der Waals surface area (Å²) in [4.78, 5) is 11.6. The molecule has 6 nitrogen and oxygen atoms in total. The molecule has 2 aliphatic rings. The second-order valence-electron chi connectivity index (χ2n) is 5.04. The maximum absolute atomic E-state index is 12.3. The molecular weight excluding hydrogens is 256 g/mol. The molecule has 104 valence electrons. The summed E-state index contributed by atoms with van der Waals surface area (Å²) in [6.07, 6.45) is 1.84. The quantitative estimate of drug-likeness (QED) is 0.684. The average molecular weight is 276 g/mol. The van der Waals surface area contributed by atoms with E-state index in [9.17, 15) is 13.2 Å². The van der Waals surface area contributed by atoms with E-state index in [0.717, 1.165) is 12.8 Å². The minimum atomic E-state index is -3.39. The van der Waals surface area contributed by atoms with Crippen LogP contribution >= 0.6 is 0 Å². The smallest absolute Gasteiger partial charge is 0.310 e. The van der Waals surface area contributed by atoms with Gasteiger partial charge in [0.2, 0.25) is 0 Å². The number of hydrogen-bond donors (Lipinski definition) is 0. The molecule has 0 radical (unpaired) electrons. The van der Waals surface area contributed by atoms with Crippen LogP contribution in [0.1, 0.15) is 19.8 Å². The van der Waals surface area contributed by atoms with Crippen LogP contribution in [0.5, 0.6) is 0 Å². The third kappa shape index (κ3) is 2.39. The summed E-state index contributed by atoms with van der Waals surface area (Å²) >= 11 is 0. The Morgan fingerprint density at radius 1 is 1.17 bits per heavy atom. The Labute approximate surface area is 108 Å². The Balaban J connectivity index is 2.09. The number of ether oxygens (including phenoxy) is 1. The van der Waals surface area contributed by atoms with E-state index >= 15 is 0 Å². The van der Waals surface area contributed by atoms with Gasteiger partial charge in [0.05, 0.1) is 13.0 Å².